The van der Waals surface area contributed by atoms with Crippen molar-refractivity contribution in [2.24, 2.45) is 0 Å². The van der Waals surface area contributed by atoms with Gasteiger partial charge in [0, 0.05) is 17.6 Å². The molecule has 1 fully saturated rings. The van der Waals surface area contributed by atoms with Gasteiger partial charge in [0.2, 0.25) is 0 Å². The summed E-state index contributed by atoms with van der Waals surface area (Å²) in [7, 11) is 0. The highest BCUT2D eigenvalue weighted by molar-refractivity contribution is 9.11. The first-order chi connectivity index (χ1) is 6.06. The molecule has 0 saturated carbocycles. The number of hydrogen-bond acceptors (Lipinski definition) is 3. The lowest BCUT2D eigenvalue weighted by atomic mass is 9.94. The van der Waals surface area contributed by atoms with E-state index in [1.54, 1.807) is 0 Å². The second-order valence-electron chi connectivity index (χ2n) is 3.71. The minimum Gasteiger partial charge on any atom is -0.393 e. The van der Waals surface area contributed by atoms with Crippen LogP contribution >= 0.6 is 15.9 Å². The van der Waals surface area contributed by atoms with Gasteiger partial charge in [-0.2, -0.15) is 0 Å². The lowest BCUT2D eigenvalue weighted by molar-refractivity contribution is -0.0644. The predicted octanol–water partition coefficient (Wildman–Crippen LogP) is 0.714. The van der Waals surface area contributed by atoms with E-state index in [9.17, 15) is 5.11 Å². The van der Waals surface area contributed by atoms with E-state index in [4.69, 9.17) is 5.11 Å². The molecular weight excluding hydrogens is 234 g/mol. The molecule has 76 valence electrons. The van der Waals surface area contributed by atoms with Gasteiger partial charge in [0.1, 0.15) is 5.60 Å². The lowest BCUT2D eigenvalue weighted by Crippen LogP contribution is -2.50. The average molecular weight is 250 g/mol. The van der Waals surface area contributed by atoms with Crippen LogP contribution in [0.2, 0.25) is 0 Å². The molecule has 0 aliphatic carbocycles. The molecule has 1 aliphatic rings. The Morgan fingerprint density at radius 3 is 2.85 bits per heavy atom. The molecule has 0 bridgehead atoms. The molecule has 0 spiro atoms. The molecule has 1 rings (SSSR count). The first-order valence-electron chi connectivity index (χ1n) is 4.45. The maximum absolute atomic E-state index is 9.83. The zero-order valence-electron chi connectivity index (χ0n) is 7.67. The van der Waals surface area contributed by atoms with E-state index in [0.717, 1.165) is 24.0 Å². The number of halogens is 1. The van der Waals surface area contributed by atoms with E-state index in [0.29, 0.717) is 13.0 Å². The van der Waals surface area contributed by atoms with Gasteiger partial charge < -0.3 is 10.2 Å². The Balaban J connectivity index is 2.46. The van der Waals surface area contributed by atoms with E-state index in [2.05, 4.69) is 27.4 Å². The van der Waals surface area contributed by atoms with Gasteiger partial charge in [-0.15, -0.1) is 0 Å². The summed E-state index contributed by atoms with van der Waals surface area (Å²) < 4.78 is 0.912. The van der Waals surface area contributed by atoms with Crippen LogP contribution in [0.15, 0.2) is 11.1 Å². The second-order valence-corrected chi connectivity index (χ2v) is 4.84. The number of aliphatic hydroxyl groups excluding tert-OH is 1. The van der Waals surface area contributed by atoms with Crippen molar-refractivity contribution in [3.05, 3.63) is 11.1 Å². The molecule has 0 aromatic rings. The second kappa shape index (κ2) is 4.55. The van der Waals surface area contributed by atoms with Gasteiger partial charge in [-0.05, 0) is 19.4 Å². The number of aliphatic hydroxyl groups is 2. The molecule has 0 amide bonds. The molecule has 1 aliphatic heterocycles. The molecule has 3 nitrogen and oxygen atoms in total. The van der Waals surface area contributed by atoms with Gasteiger partial charge in [0.05, 0.1) is 6.61 Å². The quantitative estimate of drug-likeness (QED) is 0.775. The number of β-amino-alcohol motifs (C(OH)–C–C–N with tert-alkyl or cyclic N) is 1. The van der Waals surface area contributed by atoms with E-state index in [1.807, 2.05) is 0 Å². The van der Waals surface area contributed by atoms with E-state index < -0.39 is 5.60 Å². The zero-order valence-corrected chi connectivity index (χ0v) is 9.26. The number of piperidine rings is 1. The molecule has 13 heavy (non-hydrogen) atoms. The summed E-state index contributed by atoms with van der Waals surface area (Å²) in [6.07, 6.45) is 1.62. The van der Waals surface area contributed by atoms with Crippen LogP contribution in [0, 0.1) is 0 Å². The van der Waals surface area contributed by atoms with Crippen LogP contribution in [0.4, 0.5) is 0 Å². The van der Waals surface area contributed by atoms with Gasteiger partial charge in [-0.3, -0.25) is 4.90 Å². The highest BCUT2D eigenvalue weighted by Crippen LogP contribution is 2.21. The SMILES string of the molecule is C=C(Br)CN1CCCC(O)(CO)C1. The Hall–Kier alpha value is 0.1000. The predicted molar refractivity (Wildman–Crippen MR) is 55.8 cm³/mol. The Bertz CT molecular complexity index is 198. The molecule has 1 unspecified atom stereocenters. The molecule has 0 aromatic heterocycles. The number of nitrogens with zero attached hydrogens (tertiary/aromatic N) is 1. The van der Waals surface area contributed by atoms with Gasteiger partial charge in [0.15, 0.2) is 0 Å². The van der Waals surface area contributed by atoms with Crippen LogP contribution in [0.25, 0.3) is 0 Å². The van der Waals surface area contributed by atoms with Crippen molar-refractivity contribution in [1.29, 1.82) is 0 Å². The summed E-state index contributed by atoms with van der Waals surface area (Å²) in [6, 6.07) is 0. The van der Waals surface area contributed by atoms with Crippen LogP contribution in [-0.4, -0.2) is 47.0 Å². The minimum atomic E-state index is -0.902. The fourth-order valence-electron chi connectivity index (χ4n) is 1.71. The number of rotatable bonds is 3. The van der Waals surface area contributed by atoms with Crippen LogP contribution in [0.3, 0.4) is 0 Å². The molecule has 2 N–H and O–H groups in total. The maximum Gasteiger partial charge on any atom is 0.100 e. The molecule has 1 atom stereocenters. The topological polar surface area (TPSA) is 43.7 Å². The fraction of sp³-hybridized carbons (Fsp3) is 0.778. The number of hydrogen-bond donors (Lipinski definition) is 2. The van der Waals surface area contributed by atoms with Crippen LogP contribution < -0.4 is 0 Å². The third-order valence-electron chi connectivity index (χ3n) is 2.32. The third kappa shape index (κ3) is 3.38. The molecule has 4 heteroatoms. The van der Waals surface area contributed by atoms with E-state index in [-0.39, 0.29) is 6.61 Å². The van der Waals surface area contributed by atoms with Crippen molar-refractivity contribution in [2.45, 2.75) is 18.4 Å². The Morgan fingerprint density at radius 1 is 1.62 bits per heavy atom. The summed E-state index contributed by atoms with van der Waals surface area (Å²) in [5.74, 6) is 0. The Kier molecular flexibility index (Phi) is 3.91. The normalized spacial score (nSPS) is 30.4. The number of likely N-dealkylation sites (tertiary alicyclic amines) is 1. The van der Waals surface area contributed by atoms with Gasteiger partial charge in [0.25, 0.3) is 0 Å². The van der Waals surface area contributed by atoms with Crippen molar-refractivity contribution in [3.63, 3.8) is 0 Å². The Morgan fingerprint density at radius 2 is 2.31 bits per heavy atom. The molecular formula is C9H16BrNO2. The maximum atomic E-state index is 9.83. The van der Waals surface area contributed by atoms with Crippen molar-refractivity contribution >= 4 is 15.9 Å². The molecule has 0 radical (unpaired) electrons. The van der Waals surface area contributed by atoms with Crippen molar-refractivity contribution in [2.75, 3.05) is 26.2 Å². The lowest BCUT2D eigenvalue weighted by Gasteiger charge is -2.37. The summed E-state index contributed by atoms with van der Waals surface area (Å²) in [4.78, 5) is 2.09. The van der Waals surface area contributed by atoms with E-state index in [1.165, 1.54) is 0 Å². The largest absolute Gasteiger partial charge is 0.393 e. The summed E-state index contributed by atoms with van der Waals surface area (Å²) in [6.45, 7) is 5.84. The molecule has 1 saturated heterocycles. The first kappa shape index (κ1) is 11.2. The summed E-state index contributed by atoms with van der Waals surface area (Å²) >= 11 is 3.29. The Labute approximate surface area is 87.2 Å². The molecule has 1 heterocycles. The van der Waals surface area contributed by atoms with Gasteiger partial charge in [-0.25, -0.2) is 0 Å². The summed E-state index contributed by atoms with van der Waals surface area (Å²) in [5.41, 5.74) is -0.902. The van der Waals surface area contributed by atoms with Crippen molar-refractivity contribution in [3.8, 4) is 0 Å². The third-order valence-corrected chi connectivity index (χ3v) is 2.57. The monoisotopic (exact) mass is 249 g/mol. The molecule has 0 aromatic carbocycles. The average Bonchev–Trinajstić information content (AvgIpc) is 2.03. The summed E-state index contributed by atoms with van der Waals surface area (Å²) in [5, 5.41) is 18.8. The fourth-order valence-corrected chi connectivity index (χ4v) is 2.07. The minimum absolute atomic E-state index is 0.155. The van der Waals surface area contributed by atoms with Gasteiger partial charge >= 0.3 is 0 Å². The highest BCUT2D eigenvalue weighted by Gasteiger charge is 2.32. The zero-order chi connectivity index (χ0) is 9.90. The smallest absolute Gasteiger partial charge is 0.100 e. The van der Waals surface area contributed by atoms with Crippen LogP contribution in [0.1, 0.15) is 12.8 Å². The highest BCUT2D eigenvalue weighted by atomic mass is 79.9. The van der Waals surface area contributed by atoms with Gasteiger partial charge in [-0.1, -0.05) is 22.5 Å². The van der Waals surface area contributed by atoms with Crippen molar-refractivity contribution in [1.82, 2.24) is 4.90 Å². The van der Waals surface area contributed by atoms with Crippen LogP contribution in [0.5, 0.6) is 0 Å². The first-order valence-corrected chi connectivity index (χ1v) is 5.24. The van der Waals surface area contributed by atoms with Crippen LogP contribution in [-0.2, 0) is 0 Å². The standard InChI is InChI=1S/C9H16BrNO2/c1-8(10)5-11-4-2-3-9(13,6-11)7-12/h12-13H,1-7H2. The van der Waals surface area contributed by atoms with Crippen molar-refractivity contribution < 1.29 is 10.2 Å². The van der Waals surface area contributed by atoms with E-state index >= 15 is 0 Å².